The molecule has 0 aliphatic carbocycles. The standard InChI is InChI=1S/C5H5NO2S/c1-2-4(3-6)8-5(7)9/h2,4H,1H2,(H,7,9)/t4-/m0/s1. The van der Waals surface area contributed by atoms with Crippen LogP contribution in [0.25, 0.3) is 0 Å². The van der Waals surface area contributed by atoms with Gasteiger partial charge in [0.05, 0.1) is 0 Å². The lowest BCUT2D eigenvalue weighted by Gasteiger charge is -1.99. The van der Waals surface area contributed by atoms with E-state index in [0.717, 1.165) is 0 Å². The Morgan fingerprint density at radius 3 is 2.67 bits per heavy atom. The highest BCUT2D eigenvalue weighted by molar-refractivity contribution is 7.96. The minimum Gasteiger partial charge on any atom is -0.435 e. The van der Waals surface area contributed by atoms with Crippen molar-refractivity contribution >= 4 is 17.9 Å². The second kappa shape index (κ2) is 3.98. The van der Waals surface area contributed by atoms with E-state index in [1.807, 2.05) is 0 Å². The van der Waals surface area contributed by atoms with Crippen molar-refractivity contribution in [2.45, 2.75) is 6.10 Å². The molecule has 0 aliphatic rings. The molecule has 3 nitrogen and oxygen atoms in total. The van der Waals surface area contributed by atoms with Crippen molar-refractivity contribution in [3.05, 3.63) is 12.7 Å². The summed E-state index contributed by atoms with van der Waals surface area (Å²) in [5, 5.41) is 7.37. The molecule has 9 heavy (non-hydrogen) atoms. The van der Waals surface area contributed by atoms with Gasteiger partial charge in [-0.05, 0) is 6.08 Å². The van der Waals surface area contributed by atoms with Gasteiger partial charge in [-0.25, -0.2) is 4.79 Å². The van der Waals surface area contributed by atoms with Gasteiger partial charge in [0.15, 0.2) is 0 Å². The molecule has 0 aromatic rings. The lowest BCUT2D eigenvalue weighted by molar-refractivity contribution is 0.168. The Balaban J connectivity index is 3.73. The van der Waals surface area contributed by atoms with Crippen LogP contribution in [-0.2, 0) is 4.74 Å². The summed E-state index contributed by atoms with van der Waals surface area (Å²) in [6.45, 7) is 3.25. The van der Waals surface area contributed by atoms with Gasteiger partial charge in [0.2, 0.25) is 6.10 Å². The zero-order valence-electron chi connectivity index (χ0n) is 4.57. The van der Waals surface area contributed by atoms with Crippen molar-refractivity contribution in [2.24, 2.45) is 0 Å². The number of ether oxygens (including phenoxy) is 1. The summed E-state index contributed by atoms with van der Waals surface area (Å²) in [7, 11) is 0. The molecule has 4 heteroatoms. The molecular weight excluding hydrogens is 138 g/mol. The van der Waals surface area contributed by atoms with Crippen LogP contribution in [0.3, 0.4) is 0 Å². The zero-order chi connectivity index (χ0) is 7.28. The number of rotatable bonds is 2. The highest BCUT2D eigenvalue weighted by Crippen LogP contribution is 1.94. The van der Waals surface area contributed by atoms with Crippen molar-refractivity contribution in [1.82, 2.24) is 0 Å². The third kappa shape index (κ3) is 3.62. The van der Waals surface area contributed by atoms with E-state index in [4.69, 9.17) is 5.26 Å². The summed E-state index contributed by atoms with van der Waals surface area (Å²) in [5.74, 6) is 0. The molecule has 0 aromatic carbocycles. The van der Waals surface area contributed by atoms with E-state index in [-0.39, 0.29) is 0 Å². The Hall–Kier alpha value is -0.950. The van der Waals surface area contributed by atoms with E-state index >= 15 is 0 Å². The second-order valence-corrected chi connectivity index (χ2v) is 1.53. The summed E-state index contributed by atoms with van der Waals surface area (Å²) in [6.07, 6.45) is 0.337. The first-order valence-electron chi connectivity index (χ1n) is 2.12. The van der Waals surface area contributed by atoms with Crippen LogP contribution in [0.2, 0.25) is 0 Å². The molecule has 0 aliphatic heterocycles. The number of nitrogens with zero attached hydrogens (tertiary/aromatic N) is 1. The maximum absolute atomic E-state index is 10.0. The van der Waals surface area contributed by atoms with Gasteiger partial charge >= 0.3 is 5.30 Å². The third-order valence-corrected chi connectivity index (χ3v) is 0.675. The second-order valence-electron chi connectivity index (χ2n) is 1.17. The molecule has 0 saturated carbocycles. The molecule has 0 unspecified atom stereocenters. The maximum atomic E-state index is 10.0. The van der Waals surface area contributed by atoms with Crippen molar-refractivity contribution in [3.63, 3.8) is 0 Å². The Labute approximate surface area is 58.3 Å². The number of carbonyl (C=O) groups excluding carboxylic acids is 1. The number of thiol groups is 1. The molecule has 0 saturated heterocycles. The average molecular weight is 143 g/mol. The molecule has 0 bridgehead atoms. The van der Waals surface area contributed by atoms with E-state index in [2.05, 4.69) is 23.9 Å². The maximum Gasteiger partial charge on any atom is 0.365 e. The van der Waals surface area contributed by atoms with Crippen LogP contribution in [0, 0.1) is 11.3 Å². The van der Waals surface area contributed by atoms with E-state index in [0.29, 0.717) is 0 Å². The fourth-order valence-corrected chi connectivity index (χ4v) is 0.349. The molecule has 1 atom stereocenters. The Morgan fingerprint density at radius 1 is 2.00 bits per heavy atom. The fraction of sp³-hybridized carbons (Fsp3) is 0.200. The zero-order valence-corrected chi connectivity index (χ0v) is 5.47. The fourth-order valence-electron chi connectivity index (χ4n) is 0.236. The quantitative estimate of drug-likeness (QED) is 0.358. The van der Waals surface area contributed by atoms with E-state index in [1.165, 1.54) is 6.08 Å². The first kappa shape index (κ1) is 8.05. The van der Waals surface area contributed by atoms with Crippen LogP contribution >= 0.6 is 12.6 Å². The van der Waals surface area contributed by atoms with Gasteiger partial charge in [-0.3, -0.25) is 0 Å². The average Bonchev–Trinajstić information content (AvgIpc) is 1.82. The van der Waals surface area contributed by atoms with Crippen molar-refractivity contribution in [3.8, 4) is 6.07 Å². The highest BCUT2D eigenvalue weighted by atomic mass is 32.1. The van der Waals surface area contributed by atoms with Crippen LogP contribution in [0.15, 0.2) is 12.7 Å². The first-order chi connectivity index (χ1) is 4.20. The molecule has 0 N–H and O–H groups in total. The minimum atomic E-state index is -0.880. The number of nitriles is 1. The molecule has 0 spiro atoms. The molecular formula is C5H5NO2S. The van der Waals surface area contributed by atoms with Crippen LogP contribution in [0.4, 0.5) is 4.79 Å². The van der Waals surface area contributed by atoms with Gasteiger partial charge in [0, 0.05) is 0 Å². The van der Waals surface area contributed by atoms with Crippen LogP contribution < -0.4 is 0 Å². The monoisotopic (exact) mass is 143 g/mol. The number of carbonyl (C=O) groups is 1. The molecule has 0 radical (unpaired) electrons. The van der Waals surface area contributed by atoms with Crippen LogP contribution in [0.5, 0.6) is 0 Å². The topological polar surface area (TPSA) is 50.1 Å². The third-order valence-electron chi connectivity index (χ3n) is 0.569. The summed E-state index contributed by atoms with van der Waals surface area (Å²) in [4.78, 5) is 10.0. The van der Waals surface area contributed by atoms with Gasteiger partial charge in [-0.1, -0.05) is 19.2 Å². The SMILES string of the molecule is C=C[C@@H](C#N)OC(=O)S. The Morgan fingerprint density at radius 2 is 2.56 bits per heavy atom. The molecule has 0 fully saturated rings. The van der Waals surface area contributed by atoms with E-state index in [1.54, 1.807) is 6.07 Å². The van der Waals surface area contributed by atoms with E-state index < -0.39 is 11.4 Å². The Kier molecular flexibility index (Phi) is 3.56. The normalized spacial score (nSPS) is 11.1. The van der Waals surface area contributed by atoms with Crippen LogP contribution in [0.1, 0.15) is 0 Å². The summed E-state index contributed by atoms with van der Waals surface area (Å²) < 4.78 is 4.29. The predicted molar refractivity (Wildman–Crippen MR) is 35.1 cm³/mol. The molecule has 0 rings (SSSR count). The van der Waals surface area contributed by atoms with Crippen molar-refractivity contribution in [2.75, 3.05) is 0 Å². The van der Waals surface area contributed by atoms with E-state index in [9.17, 15) is 4.79 Å². The minimum absolute atomic E-state index is 0.776. The van der Waals surface area contributed by atoms with Gasteiger partial charge < -0.3 is 4.74 Å². The summed E-state index contributed by atoms with van der Waals surface area (Å²) in [5.41, 5.74) is 0. The number of hydrogen-bond donors (Lipinski definition) is 1. The highest BCUT2D eigenvalue weighted by Gasteiger charge is 2.03. The number of hydrogen-bond acceptors (Lipinski definition) is 3. The van der Waals surface area contributed by atoms with Gasteiger partial charge in [-0.2, -0.15) is 5.26 Å². The smallest absolute Gasteiger partial charge is 0.365 e. The summed E-state index contributed by atoms with van der Waals surface area (Å²) in [6, 6.07) is 1.67. The van der Waals surface area contributed by atoms with Gasteiger partial charge in [0.25, 0.3) is 0 Å². The van der Waals surface area contributed by atoms with Crippen molar-refractivity contribution in [1.29, 1.82) is 5.26 Å². The lowest BCUT2D eigenvalue weighted by atomic mass is 10.4. The molecule has 0 aromatic heterocycles. The summed E-state index contributed by atoms with van der Waals surface area (Å²) >= 11 is 3.29. The molecule has 0 amide bonds. The first-order valence-corrected chi connectivity index (χ1v) is 2.57. The van der Waals surface area contributed by atoms with Crippen LogP contribution in [-0.4, -0.2) is 11.4 Å². The molecule has 0 heterocycles. The van der Waals surface area contributed by atoms with Gasteiger partial charge in [-0.15, -0.1) is 0 Å². The van der Waals surface area contributed by atoms with Crippen molar-refractivity contribution < 1.29 is 9.53 Å². The van der Waals surface area contributed by atoms with Gasteiger partial charge in [0.1, 0.15) is 6.07 Å². The predicted octanol–water partition coefficient (Wildman–Crippen LogP) is 1.13. The Bertz CT molecular complexity index is 161. The lowest BCUT2D eigenvalue weighted by Crippen LogP contribution is -2.07. The largest absolute Gasteiger partial charge is 0.435 e. The molecule has 48 valence electrons.